The molecule has 0 saturated carbocycles. The number of benzene rings is 2. The van der Waals surface area contributed by atoms with Gasteiger partial charge in [-0.1, -0.05) is 6.07 Å². The Hall–Kier alpha value is -2.63. The molecule has 0 radical (unpaired) electrons. The summed E-state index contributed by atoms with van der Waals surface area (Å²) < 4.78 is 37.1. The quantitative estimate of drug-likeness (QED) is 0.880. The van der Waals surface area contributed by atoms with Gasteiger partial charge in [0.25, 0.3) is 0 Å². The van der Waals surface area contributed by atoms with Crippen molar-refractivity contribution in [2.24, 2.45) is 0 Å². The van der Waals surface area contributed by atoms with Crippen LogP contribution in [-0.4, -0.2) is 20.1 Å². The average Bonchev–Trinajstić information content (AvgIpc) is 2.54. The number of hydrogen-bond donors (Lipinski definition) is 1. The van der Waals surface area contributed by atoms with Gasteiger partial charge in [0.1, 0.15) is 23.1 Å². The Morgan fingerprint density at radius 2 is 1.88 bits per heavy atom. The Morgan fingerprint density at radius 1 is 1.12 bits per heavy atom. The standard InChI is InChI=1S/C18H19F2NO3/c1-11(15-6-4-13(19)10-16(15)20)21-18(22)9-12-8-14(23-2)5-7-17(12)24-3/h4-8,10-11H,9H2,1-3H3,(H,21,22). The van der Waals surface area contributed by atoms with E-state index in [1.54, 1.807) is 25.1 Å². The van der Waals surface area contributed by atoms with Gasteiger partial charge >= 0.3 is 0 Å². The second-order valence-electron chi connectivity index (χ2n) is 5.31. The maximum Gasteiger partial charge on any atom is 0.225 e. The van der Waals surface area contributed by atoms with Crippen molar-refractivity contribution in [1.29, 1.82) is 0 Å². The molecule has 0 fully saturated rings. The fourth-order valence-corrected chi connectivity index (χ4v) is 2.42. The Bertz CT molecular complexity index is 734. The Morgan fingerprint density at radius 3 is 2.50 bits per heavy atom. The van der Waals surface area contributed by atoms with Gasteiger partial charge in [-0.15, -0.1) is 0 Å². The highest BCUT2D eigenvalue weighted by Gasteiger charge is 2.16. The second kappa shape index (κ2) is 7.77. The highest BCUT2D eigenvalue weighted by atomic mass is 19.1. The molecule has 0 aliphatic heterocycles. The van der Waals surface area contributed by atoms with E-state index < -0.39 is 17.7 Å². The van der Waals surface area contributed by atoms with Gasteiger partial charge in [0, 0.05) is 17.2 Å². The molecule has 128 valence electrons. The first-order chi connectivity index (χ1) is 11.4. The first-order valence-electron chi connectivity index (χ1n) is 7.39. The number of amides is 1. The number of carbonyl (C=O) groups is 1. The summed E-state index contributed by atoms with van der Waals surface area (Å²) in [6.45, 7) is 1.64. The van der Waals surface area contributed by atoms with Gasteiger partial charge in [-0.05, 0) is 31.2 Å². The fourth-order valence-electron chi connectivity index (χ4n) is 2.42. The van der Waals surface area contributed by atoms with Crippen LogP contribution in [0, 0.1) is 11.6 Å². The molecule has 2 aromatic carbocycles. The van der Waals surface area contributed by atoms with Crippen LogP contribution in [0.5, 0.6) is 11.5 Å². The SMILES string of the molecule is COc1ccc(OC)c(CC(=O)NC(C)c2ccc(F)cc2F)c1. The van der Waals surface area contributed by atoms with E-state index in [9.17, 15) is 13.6 Å². The summed E-state index contributed by atoms with van der Waals surface area (Å²) in [4.78, 5) is 12.2. The second-order valence-corrected chi connectivity index (χ2v) is 5.31. The summed E-state index contributed by atoms with van der Waals surface area (Å²) >= 11 is 0. The molecule has 1 unspecified atom stereocenters. The van der Waals surface area contributed by atoms with Crippen molar-refractivity contribution in [3.05, 3.63) is 59.2 Å². The molecular weight excluding hydrogens is 316 g/mol. The third-order valence-electron chi connectivity index (χ3n) is 3.65. The summed E-state index contributed by atoms with van der Waals surface area (Å²) in [5.41, 5.74) is 0.878. The lowest BCUT2D eigenvalue weighted by Gasteiger charge is -2.16. The molecule has 0 saturated heterocycles. The van der Waals surface area contributed by atoms with E-state index in [1.807, 2.05) is 0 Å². The molecular formula is C18H19F2NO3. The molecule has 1 N–H and O–H groups in total. The maximum atomic E-state index is 13.8. The number of ether oxygens (including phenoxy) is 2. The van der Waals surface area contributed by atoms with E-state index in [2.05, 4.69) is 5.32 Å². The van der Waals surface area contributed by atoms with Gasteiger partial charge in [-0.2, -0.15) is 0 Å². The van der Waals surface area contributed by atoms with Crippen LogP contribution in [0.1, 0.15) is 24.1 Å². The van der Waals surface area contributed by atoms with Crippen molar-refractivity contribution in [1.82, 2.24) is 5.32 Å². The average molecular weight is 335 g/mol. The molecule has 0 bridgehead atoms. The lowest BCUT2D eigenvalue weighted by Crippen LogP contribution is -2.28. The molecule has 0 aromatic heterocycles. The van der Waals surface area contributed by atoms with Gasteiger partial charge < -0.3 is 14.8 Å². The van der Waals surface area contributed by atoms with E-state index in [-0.39, 0.29) is 17.9 Å². The van der Waals surface area contributed by atoms with Gasteiger partial charge in [0.05, 0.1) is 26.7 Å². The minimum Gasteiger partial charge on any atom is -0.497 e. The summed E-state index contributed by atoms with van der Waals surface area (Å²) in [6, 6.07) is 7.84. The van der Waals surface area contributed by atoms with Crippen molar-refractivity contribution in [3.8, 4) is 11.5 Å². The lowest BCUT2D eigenvalue weighted by atomic mass is 10.1. The van der Waals surface area contributed by atoms with Gasteiger partial charge in [0.15, 0.2) is 0 Å². The zero-order valence-electron chi connectivity index (χ0n) is 13.7. The zero-order valence-corrected chi connectivity index (χ0v) is 13.7. The number of rotatable bonds is 6. The zero-order chi connectivity index (χ0) is 17.7. The highest BCUT2D eigenvalue weighted by molar-refractivity contribution is 5.80. The first kappa shape index (κ1) is 17.7. The summed E-state index contributed by atoms with van der Waals surface area (Å²) in [5.74, 6) is -0.488. The van der Waals surface area contributed by atoms with Crippen LogP contribution in [-0.2, 0) is 11.2 Å². The molecule has 2 rings (SSSR count). The normalized spacial score (nSPS) is 11.7. The number of hydrogen-bond acceptors (Lipinski definition) is 3. The maximum absolute atomic E-state index is 13.8. The minimum atomic E-state index is -0.693. The third kappa shape index (κ3) is 4.22. The van der Waals surface area contributed by atoms with Crippen molar-refractivity contribution in [3.63, 3.8) is 0 Å². The molecule has 0 heterocycles. The number of methoxy groups -OCH3 is 2. The van der Waals surface area contributed by atoms with E-state index in [4.69, 9.17) is 9.47 Å². The molecule has 2 aromatic rings. The molecule has 0 aliphatic carbocycles. The predicted molar refractivity (Wildman–Crippen MR) is 86.2 cm³/mol. The van der Waals surface area contributed by atoms with E-state index >= 15 is 0 Å². The van der Waals surface area contributed by atoms with E-state index in [0.717, 1.165) is 12.1 Å². The topological polar surface area (TPSA) is 47.6 Å². The molecule has 4 nitrogen and oxygen atoms in total. The molecule has 1 atom stereocenters. The van der Waals surface area contributed by atoms with Crippen LogP contribution < -0.4 is 14.8 Å². The van der Waals surface area contributed by atoms with Gasteiger partial charge in [-0.25, -0.2) is 8.78 Å². The monoisotopic (exact) mass is 335 g/mol. The highest BCUT2D eigenvalue weighted by Crippen LogP contribution is 2.25. The fraction of sp³-hybridized carbons (Fsp3) is 0.278. The van der Waals surface area contributed by atoms with Gasteiger partial charge in [0.2, 0.25) is 5.91 Å². The minimum absolute atomic E-state index is 0.0491. The number of halogens is 2. The summed E-state index contributed by atoms with van der Waals surface area (Å²) in [7, 11) is 3.05. The van der Waals surface area contributed by atoms with Crippen LogP contribution >= 0.6 is 0 Å². The number of carbonyl (C=O) groups excluding carboxylic acids is 1. The molecule has 0 spiro atoms. The van der Waals surface area contributed by atoms with Crippen LogP contribution in [0.15, 0.2) is 36.4 Å². The number of nitrogens with one attached hydrogen (secondary N) is 1. The lowest BCUT2D eigenvalue weighted by molar-refractivity contribution is -0.121. The molecule has 6 heteroatoms. The van der Waals surface area contributed by atoms with E-state index in [0.29, 0.717) is 17.1 Å². The predicted octanol–water partition coefficient (Wildman–Crippen LogP) is 3.40. The molecule has 0 aliphatic rings. The van der Waals surface area contributed by atoms with Crippen LogP contribution in [0.4, 0.5) is 8.78 Å². The van der Waals surface area contributed by atoms with Crippen LogP contribution in [0.25, 0.3) is 0 Å². The van der Waals surface area contributed by atoms with Gasteiger partial charge in [-0.3, -0.25) is 4.79 Å². The smallest absolute Gasteiger partial charge is 0.225 e. The molecule has 24 heavy (non-hydrogen) atoms. The van der Waals surface area contributed by atoms with Crippen molar-refractivity contribution in [2.75, 3.05) is 14.2 Å². The summed E-state index contributed by atoms with van der Waals surface area (Å²) in [5, 5.41) is 2.70. The molecule has 1 amide bonds. The third-order valence-corrected chi connectivity index (χ3v) is 3.65. The summed E-state index contributed by atoms with van der Waals surface area (Å²) in [6.07, 6.45) is 0.0491. The Labute approximate surface area is 139 Å². The van der Waals surface area contributed by atoms with Crippen molar-refractivity contribution in [2.45, 2.75) is 19.4 Å². The van der Waals surface area contributed by atoms with E-state index in [1.165, 1.54) is 20.3 Å². The van der Waals surface area contributed by atoms with Crippen molar-refractivity contribution >= 4 is 5.91 Å². The Balaban J connectivity index is 2.10. The van der Waals surface area contributed by atoms with Crippen LogP contribution in [0.3, 0.4) is 0 Å². The van der Waals surface area contributed by atoms with Crippen molar-refractivity contribution < 1.29 is 23.0 Å². The van der Waals surface area contributed by atoms with Crippen LogP contribution in [0.2, 0.25) is 0 Å². The Kier molecular flexibility index (Phi) is 5.73. The largest absolute Gasteiger partial charge is 0.497 e. The first-order valence-corrected chi connectivity index (χ1v) is 7.39.